The number of aryl methyl sites for hydroxylation is 1. The van der Waals surface area contributed by atoms with Crippen molar-refractivity contribution in [2.24, 2.45) is 7.05 Å². The summed E-state index contributed by atoms with van der Waals surface area (Å²) >= 11 is 0. The van der Waals surface area contributed by atoms with E-state index in [0.717, 1.165) is 4.57 Å². The van der Waals surface area contributed by atoms with Crippen molar-refractivity contribution in [3.8, 4) is 0 Å². The lowest BCUT2D eigenvalue weighted by molar-refractivity contribution is -0.384. The Labute approximate surface area is 112 Å². The Morgan fingerprint density at radius 1 is 1.30 bits per heavy atom. The smallest absolute Gasteiger partial charge is 0.331 e. The van der Waals surface area contributed by atoms with Crippen molar-refractivity contribution in [1.82, 2.24) is 9.13 Å². The third-order valence-electron chi connectivity index (χ3n) is 2.87. The molecule has 2 N–H and O–H groups in total. The third-order valence-corrected chi connectivity index (χ3v) is 2.87. The highest BCUT2D eigenvalue weighted by molar-refractivity contribution is 5.59. The van der Waals surface area contributed by atoms with Gasteiger partial charge in [-0.05, 0) is 11.6 Å². The Kier molecular flexibility index (Phi) is 3.38. The zero-order valence-electron chi connectivity index (χ0n) is 10.6. The summed E-state index contributed by atoms with van der Waals surface area (Å²) in [4.78, 5) is 33.7. The molecule has 8 nitrogen and oxygen atoms in total. The molecule has 0 radical (unpaired) electrons. The van der Waals surface area contributed by atoms with Gasteiger partial charge in [0, 0.05) is 25.4 Å². The molecule has 1 heterocycles. The number of hydrogen-bond donors (Lipinski definition) is 1. The Morgan fingerprint density at radius 3 is 2.65 bits per heavy atom. The van der Waals surface area contributed by atoms with Crippen molar-refractivity contribution < 1.29 is 4.92 Å². The average molecular weight is 276 g/mol. The summed E-state index contributed by atoms with van der Waals surface area (Å²) in [6.45, 7) is -0.0481. The largest absolute Gasteiger partial charge is 0.393 e. The van der Waals surface area contributed by atoms with Crippen LogP contribution in [0.3, 0.4) is 0 Å². The molecule has 20 heavy (non-hydrogen) atoms. The molecule has 0 saturated carbocycles. The second kappa shape index (κ2) is 5.00. The Balaban J connectivity index is 2.49. The molecule has 1 aromatic heterocycles. The first-order valence-corrected chi connectivity index (χ1v) is 5.69. The lowest BCUT2D eigenvalue weighted by Gasteiger charge is -2.07. The SMILES string of the molecule is Cn1ccc(=O)n(Cc2ccc(N)c([N+](=O)[O-])c2)c1=O. The highest BCUT2D eigenvalue weighted by Crippen LogP contribution is 2.22. The predicted molar refractivity (Wildman–Crippen MR) is 72.6 cm³/mol. The maximum Gasteiger partial charge on any atom is 0.331 e. The van der Waals surface area contributed by atoms with E-state index in [0.29, 0.717) is 5.56 Å². The Bertz CT molecular complexity index is 791. The summed E-state index contributed by atoms with van der Waals surface area (Å²) in [6.07, 6.45) is 1.37. The van der Waals surface area contributed by atoms with Crippen LogP contribution in [0.25, 0.3) is 0 Å². The molecule has 8 heteroatoms. The van der Waals surface area contributed by atoms with Crippen LogP contribution in [0.15, 0.2) is 40.1 Å². The van der Waals surface area contributed by atoms with E-state index in [1.165, 1.54) is 36.0 Å². The first-order valence-electron chi connectivity index (χ1n) is 5.69. The molecule has 0 aliphatic rings. The van der Waals surface area contributed by atoms with Gasteiger partial charge in [0.2, 0.25) is 0 Å². The number of nitrogens with zero attached hydrogens (tertiary/aromatic N) is 3. The molecule has 0 aliphatic carbocycles. The highest BCUT2D eigenvalue weighted by Gasteiger charge is 2.13. The van der Waals surface area contributed by atoms with E-state index >= 15 is 0 Å². The molecule has 0 fully saturated rings. The number of aromatic nitrogens is 2. The molecule has 0 atom stereocenters. The Morgan fingerprint density at radius 2 is 2.00 bits per heavy atom. The van der Waals surface area contributed by atoms with Crippen molar-refractivity contribution in [3.05, 3.63) is 67.0 Å². The highest BCUT2D eigenvalue weighted by atomic mass is 16.6. The van der Waals surface area contributed by atoms with Crippen LogP contribution in [-0.4, -0.2) is 14.1 Å². The van der Waals surface area contributed by atoms with Crippen LogP contribution in [0, 0.1) is 10.1 Å². The predicted octanol–water partition coefficient (Wildman–Crippen LogP) is 0.0857. The zero-order valence-corrected chi connectivity index (χ0v) is 10.6. The number of anilines is 1. The fourth-order valence-electron chi connectivity index (χ4n) is 1.79. The van der Waals surface area contributed by atoms with E-state index < -0.39 is 16.2 Å². The van der Waals surface area contributed by atoms with Crippen LogP contribution in [0.1, 0.15) is 5.56 Å². The fraction of sp³-hybridized carbons (Fsp3) is 0.167. The molecule has 104 valence electrons. The van der Waals surface area contributed by atoms with Crippen LogP contribution < -0.4 is 17.0 Å². The summed E-state index contributed by atoms with van der Waals surface area (Å²) < 4.78 is 2.25. The van der Waals surface area contributed by atoms with E-state index in [1.54, 1.807) is 6.07 Å². The number of nitrogens with two attached hydrogens (primary N) is 1. The van der Waals surface area contributed by atoms with Gasteiger partial charge in [-0.1, -0.05) is 6.07 Å². The summed E-state index contributed by atoms with van der Waals surface area (Å²) in [7, 11) is 1.52. The normalized spacial score (nSPS) is 10.4. The van der Waals surface area contributed by atoms with Gasteiger partial charge in [-0.15, -0.1) is 0 Å². The van der Waals surface area contributed by atoms with Gasteiger partial charge < -0.3 is 10.3 Å². The van der Waals surface area contributed by atoms with Crippen molar-refractivity contribution in [2.45, 2.75) is 6.54 Å². The molecule has 0 bridgehead atoms. The van der Waals surface area contributed by atoms with Crippen LogP contribution in [0.5, 0.6) is 0 Å². The minimum absolute atomic E-state index is 0.0343. The van der Waals surface area contributed by atoms with Crippen LogP contribution >= 0.6 is 0 Å². The van der Waals surface area contributed by atoms with Gasteiger partial charge in [-0.25, -0.2) is 4.79 Å². The molecule has 0 spiro atoms. The van der Waals surface area contributed by atoms with Gasteiger partial charge in [-0.3, -0.25) is 19.5 Å². The lowest BCUT2D eigenvalue weighted by Crippen LogP contribution is -2.38. The van der Waals surface area contributed by atoms with Crippen molar-refractivity contribution in [2.75, 3.05) is 5.73 Å². The van der Waals surface area contributed by atoms with Gasteiger partial charge in [-0.2, -0.15) is 0 Å². The zero-order chi connectivity index (χ0) is 14.9. The monoisotopic (exact) mass is 276 g/mol. The molecular weight excluding hydrogens is 264 g/mol. The van der Waals surface area contributed by atoms with Crippen molar-refractivity contribution in [1.29, 1.82) is 0 Å². The molecule has 0 aliphatic heterocycles. The number of nitro benzene ring substituents is 1. The summed E-state index contributed by atoms with van der Waals surface area (Å²) in [5.74, 6) is 0. The van der Waals surface area contributed by atoms with Crippen molar-refractivity contribution in [3.63, 3.8) is 0 Å². The molecular formula is C12H12N4O4. The first-order chi connectivity index (χ1) is 9.40. The topological polar surface area (TPSA) is 113 Å². The molecule has 0 amide bonds. The fourth-order valence-corrected chi connectivity index (χ4v) is 1.79. The third kappa shape index (κ3) is 2.44. The summed E-state index contributed by atoms with van der Waals surface area (Å²) in [5.41, 5.74) is 4.78. The summed E-state index contributed by atoms with van der Waals surface area (Å²) in [5, 5.41) is 10.8. The average Bonchev–Trinajstić information content (AvgIpc) is 2.40. The molecule has 2 aromatic rings. The van der Waals surface area contributed by atoms with Gasteiger partial charge >= 0.3 is 5.69 Å². The first kappa shape index (κ1) is 13.5. The number of nitro groups is 1. The second-order valence-corrected chi connectivity index (χ2v) is 4.28. The standard InChI is InChI=1S/C12H12N4O4/c1-14-5-4-11(17)15(12(14)18)7-8-2-3-9(13)10(6-8)16(19)20/h2-6H,7,13H2,1H3. The number of rotatable bonds is 3. The minimum atomic E-state index is -0.606. The molecule has 2 rings (SSSR count). The number of hydrogen-bond acceptors (Lipinski definition) is 5. The van der Waals surface area contributed by atoms with E-state index in [-0.39, 0.29) is 17.9 Å². The quantitative estimate of drug-likeness (QED) is 0.484. The molecule has 0 unspecified atom stereocenters. The lowest BCUT2D eigenvalue weighted by atomic mass is 10.1. The van der Waals surface area contributed by atoms with Crippen LogP contribution in [0.2, 0.25) is 0 Å². The summed E-state index contributed by atoms with van der Waals surface area (Å²) in [6, 6.07) is 5.44. The van der Waals surface area contributed by atoms with Crippen LogP contribution in [-0.2, 0) is 13.6 Å². The van der Waals surface area contributed by atoms with Gasteiger partial charge in [0.1, 0.15) is 5.69 Å². The maximum absolute atomic E-state index is 11.8. The maximum atomic E-state index is 11.8. The van der Waals surface area contributed by atoms with E-state index in [1.807, 2.05) is 0 Å². The molecule has 0 saturated heterocycles. The minimum Gasteiger partial charge on any atom is -0.393 e. The Hall–Kier alpha value is -2.90. The molecule has 1 aromatic carbocycles. The number of nitrogen functional groups attached to an aromatic ring is 1. The van der Waals surface area contributed by atoms with Gasteiger partial charge in [0.25, 0.3) is 11.2 Å². The van der Waals surface area contributed by atoms with E-state index in [2.05, 4.69) is 0 Å². The van der Waals surface area contributed by atoms with Crippen molar-refractivity contribution >= 4 is 11.4 Å². The second-order valence-electron chi connectivity index (χ2n) is 4.28. The van der Waals surface area contributed by atoms with E-state index in [9.17, 15) is 19.7 Å². The van der Waals surface area contributed by atoms with Gasteiger partial charge in [0.15, 0.2) is 0 Å². The number of benzene rings is 1. The van der Waals surface area contributed by atoms with Gasteiger partial charge in [0.05, 0.1) is 11.5 Å². The van der Waals surface area contributed by atoms with Crippen LogP contribution in [0.4, 0.5) is 11.4 Å². The van der Waals surface area contributed by atoms with E-state index in [4.69, 9.17) is 5.73 Å².